The SMILES string of the molecule is C=C1NCCC(=N/NC(=S)N2CCN(C)CC2)/C1=N/C=C\C. The Kier molecular flexibility index (Phi) is 6.09. The highest BCUT2D eigenvalue weighted by Gasteiger charge is 2.19. The molecule has 0 radical (unpaired) electrons. The Bertz CT molecular complexity index is 514. The van der Waals surface area contributed by atoms with Crippen LogP contribution in [0.15, 0.2) is 34.6 Å². The summed E-state index contributed by atoms with van der Waals surface area (Å²) in [5.74, 6) is 0. The molecule has 0 aliphatic carbocycles. The van der Waals surface area contributed by atoms with Gasteiger partial charge in [-0.25, -0.2) is 0 Å². The van der Waals surface area contributed by atoms with Crippen LogP contribution in [-0.2, 0) is 0 Å². The van der Waals surface area contributed by atoms with Crippen molar-refractivity contribution in [1.82, 2.24) is 20.5 Å². The zero-order valence-electron chi connectivity index (χ0n) is 13.3. The van der Waals surface area contributed by atoms with Gasteiger partial charge >= 0.3 is 0 Å². The normalized spacial score (nSPS) is 24.1. The van der Waals surface area contributed by atoms with E-state index in [9.17, 15) is 0 Å². The quantitative estimate of drug-likeness (QED) is 0.586. The third kappa shape index (κ3) is 4.38. The highest BCUT2D eigenvalue weighted by molar-refractivity contribution is 7.80. The summed E-state index contributed by atoms with van der Waals surface area (Å²) in [5, 5.41) is 8.35. The lowest BCUT2D eigenvalue weighted by Crippen LogP contribution is -2.50. The van der Waals surface area contributed by atoms with E-state index in [1.165, 1.54) is 0 Å². The summed E-state index contributed by atoms with van der Waals surface area (Å²) in [4.78, 5) is 8.85. The minimum absolute atomic E-state index is 0.676. The number of hydrogen-bond donors (Lipinski definition) is 2. The lowest BCUT2D eigenvalue weighted by atomic mass is 10.1. The maximum atomic E-state index is 5.43. The number of thiocarbonyl (C=S) groups is 1. The van der Waals surface area contributed by atoms with Crippen molar-refractivity contribution >= 4 is 28.8 Å². The molecule has 2 aliphatic heterocycles. The zero-order valence-corrected chi connectivity index (χ0v) is 14.1. The summed E-state index contributed by atoms with van der Waals surface area (Å²) >= 11 is 5.43. The Morgan fingerprint density at radius 2 is 2.09 bits per heavy atom. The predicted molar refractivity (Wildman–Crippen MR) is 96.2 cm³/mol. The molecule has 22 heavy (non-hydrogen) atoms. The van der Waals surface area contributed by atoms with Gasteiger partial charge in [0.05, 0.1) is 11.4 Å². The van der Waals surface area contributed by atoms with Gasteiger partial charge in [-0.3, -0.25) is 10.4 Å². The van der Waals surface area contributed by atoms with Crippen molar-refractivity contribution in [2.45, 2.75) is 13.3 Å². The van der Waals surface area contributed by atoms with Crippen molar-refractivity contribution in [3.8, 4) is 0 Å². The fourth-order valence-electron chi connectivity index (χ4n) is 2.31. The van der Waals surface area contributed by atoms with E-state index in [1.54, 1.807) is 6.20 Å². The van der Waals surface area contributed by atoms with Gasteiger partial charge in [0.15, 0.2) is 5.11 Å². The standard InChI is InChI=1S/C15H24N6S/c1-4-6-17-14-12(2)16-7-5-13(14)18-19-15(22)21-10-8-20(3)9-11-21/h4,6,16H,2,5,7-11H2,1,3H3,(H,19,22)/b6-4-,17-14+,18-13-. The fourth-order valence-corrected chi connectivity index (χ4v) is 2.54. The Labute approximate surface area is 137 Å². The molecule has 6 nitrogen and oxygen atoms in total. The number of piperidine rings is 1. The van der Waals surface area contributed by atoms with Crippen molar-refractivity contribution < 1.29 is 0 Å². The smallest absolute Gasteiger partial charge is 0.189 e. The van der Waals surface area contributed by atoms with Crippen LogP contribution in [0.4, 0.5) is 0 Å². The summed E-state index contributed by atoms with van der Waals surface area (Å²) < 4.78 is 0. The highest BCUT2D eigenvalue weighted by Crippen LogP contribution is 2.06. The molecule has 2 saturated heterocycles. The van der Waals surface area contributed by atoms with Crippen LogP contribution >= 0.6 is 12.2 Å². The van der Waals surface area contributed by atoms with E-state index in [0.29, 0.717) is 5.11 Å². The van der Waals surface area contributed by atoms with E-state index in [1.807, 2.05) is 13.0 Å². The van der Waals surface area contributed by atoms with E-state index in [0.717, 1.165) is 56.3 Å². The van der Waals surface area contributed by atoms with E-state index in [4.69, 9.17) is 12.2 Å². The number of allylic oxidation sites excluding steroid dienone is 2. The number of hydrazone groups is 1. The molecule has 0 aromatic carbocycles. The number of rotatable bonds is 2. The molecule has 120 valence electrons. The van der Waals surface area contributed by atoms with Crippen molar-refractivity contribution in [3.05, 3.63) is 24.6 Å². The van der Waals surface area contributed by atoms with Crippen LogP contribution in [0.1, 0.15) is 13.3 Å². The molecule has 0 aromatic heterocycles. The zero-order chi connectivity index (χ0) is 15.9. The maximum absolute atomic E-state index is 5.43. The average Bonchev–Trinajstić information content (AvgIpc) is 2.52. The molecule has 0 aromatic rings. The van der Waals surface area contributed by atoms with E-state index in [-0.39, 0.29) is 0 Å². The molecule has 2 N–H and O–H groups in total. The number of hydrogen-bond acceptors (Lipinski definition) is 5. The van der Waals surface area contributed by atoms with Gasteiger partial charge in [-0.05, 0) is 26.2 Å². The molecular formula is C15H24N6S. The van der Waals surface area contributed by atoms with E-state index < -0.39 is 0 Å². The summed E-state index contributed by atoms with van der Waals surface area (Å²) in [7, 11) is 2.12. The molecule has 0 amide bonds. The number of likely N-dealkylation sites (N-methyl/N-ethyl adjacent to an activating group) is 1. The number of nitrogens with zero attached hydrogens (tertiary/aromatic N) is 4. The van der Waals surface area contributed by atoms with Crippen molar-refractivity contribution in [3.63, 3.8) is 0 Å². The van der Waals surface area contributed by atoms with Crippen LogP contribution in [0.2, 0.25) is 0 Å². The van der Waals surface area contributed by atoms with Gasteiger partial charge in [0.1, 0.15) is 5.71 Å². The van der Waals surface area contributed by atoms with E-state index >= 15 is 0 Å². The lowest BCUT2D eigenvalue weighted by molar-refractivity contribution is 0.214. The van der Waals surface area contributed by atoms with Crippen molar-refractivity contribution in [2.24, 2.45) is 10.1 Å². The second-order valence-electron chi connectivity index (χ2n) is 5.38. The third-order valence-electron chi connectivity index (χ3n) is 3.69. The Balaban J connectivity index is 2.00. The molecule has 0 spiro atoms. The predicted octanol–water partition coefficient (Wildman–Crippen LogP) is 0.946. The first kappa shape index (κ1) is 16.6. The first-order valence-electron chi connectivity index (χ1n) is 7.54. The van der Waals surface area contributed by atoms with Crippen LogP contribution in [0.3, 0.4) is 0 Å². The molecule has 2 heterocycles. The number of piperazine rings is 1. The molecule has 2 rings (SSSR count). The van der Waals surface area contributed by atoms with Gasteiger partial charge in [0.25, 0.3) is 0 Å². The molecular weight excluding hydrogens is 296 g/mol. The summed E-state index contributed by atoms with van der Waals surface area (Å²) in [6.45, 7) is 10.6. The average molecular weight is 320 g/mol. The molecule has 7 heteroatoms. The minimum Gasteiger partial charge on any atom is -0.383 e. The van der Waals surface area contributed by atoms with Gasteiger partial charge in [0, 0.05) is 45.3 Å². The second kappa shape index (κ2) is 8.05. The lowest BCUT2D eigenvalue weighted by Gasteiger charge is -2.33. The second-order valence-corrected chi connectivity index (χ2v) is 5.77. The van der Waals surface area contributed by atoms with Crippen molar-refractivity contribution in [2.75, 3.05) is 39.8 Å². The van der Waals surface area contributed by atoms with E-state index in [2.05, 4.69) is 44.3 Å². The molecule has 0 bridgehead atoms. The molecule has 2 fully saturated rings. The van der Waals surface area contributed by atoms with Crippen LogP contribution in [0.5, 0.6) is 0 Å². The van der Waals surface area contributed by atoms with Crippen LogP contribution in [0.25, 0.3) is 0 Å². The topological polar surface area (TPSA) is 55.3 Å². The largest absolute Gasteiger partial charge is 0.383 e. The van der Waals surface area contributed by atoms with Crippen LogP contribution in [-0.4, -0.2) is 66.1 Å². The molecule has 0 atom stereocenters. The van der Waals surface area contributed by atoms with Gasteiger partial charge in [-0.15, -0.1) is 0 Å². The van der Waals surface area contributed by atoms with Gasteiger partial charge in [-0.2, -0.15) is 5.10 Å². The van der Waals surface area contributed by atoms with Crippen LogP contribution in [0, 0.1) is 0 Å². The summed E-state index contributed by atoms with van der Waals surface area (Å²) in [6, 6.07) is 0. The summed E-state index contributed by atoms with van der Waals surface area (Å²) in [6.07, 6.45) is 4.43. The van der Waals surface area contributed by atoms with Gasteiger partial charge < -0.3 is 15.1 Å². The van der Waals surface area contributed by atoms with Crippen LogP contribution < -0.4 is 10.7 Å². The molecule has 2 aliphatic rings. The van der Waals surface area contributed by atoms with Gasteiger partial charge in [-0.1, -0.05) is 12.7 Å². The Morgan fingerprint density at radius 1 is 1.36 bits per heavy atom. The monoisotopic (exact) mass is 320 g/mol. The molecule has 0 saturated carbocycles. The maximum Gasteiger partial charge on any atom is 0.189 e. The Morgan fingerprint density at radius 3 is 2.77 bits per heavy atom. The molecule has 0 unspecified atom stereocenters. The Hall–Kier alpha value is -1.73. The first-order valence-corrected chi connectivity index (χ1v) is 7.95. The van der Waals surface area contributed by atoms with Crippen molar-refractivity contribution in [1.29, 1.82) is 0 Å². The number of nitrogens with one attached hydrogen (secondary N) is 2. The first-order chi connectivity index (χ1) is 10.6. The summed E-state index contributed by atoms with van der Waals surface area (Å²) in [5.41, 5.74) is 5.50. The third-order valence-corrected chi connectivity index (χ3v) is 4.04. The highest BCUT2D eigenvalue weighted by atomic mass is 32.1. The fraction of sp³-hybridized carbons (Fsp3) is 0.533. The van der Waals surface area contributed by atoms with Gasteiger partial charge in [0.2, 0.25) is 0 Å². The number of aliphatic imine (C=N–C) groups is 1. The minimum atomic E-state index is 0.676.